The largest absolute Gasteiger partial charge is 0.350 e. The molecule has 1 aliphatic carbocycles. The number of nitrogens with one attached hydrogen (secondary N) is 1. The molecule has 1 atom stereocenters. The second kappa shape index (κ2) is 3.66. The van der Waals surface area contributed by atoms with Crippen LogP contribution >= 0.6 is 0 Å². The van der Waals surface area contributed by atoms with E-state index in [-0.39, 0.29) is 17.4 Å². The Labute approximate surface area is 80.1 Å². The maximum Gasteiger partial charge on any atom is 0.223 e. The van der Waals surface area contributed by atoms with E-state index in [0.29, 0.717) is 12.5 Å². The summed E-state index contributed by atoms with van der Waals surface area (Å²) in [7, 11) is 0. The molecule has 0 aromatic heterocycles. The molecular formula is C10H20N2O. The molecule has 1 rings (SSSR count). The van der Waals surface area contributed by atoms with Crippen molar-refractivity contribution < 1.29 is 4.79 Å². The van der Waals surface area contributed by atoms with E-state index in [9.17, 15) is 4.79 Å². The van der Waals surface area contributed by atoms with Crippen molar-refractivity contribution in [1.29, 1.82) is 0 Å². The minimum atomic E-state index is -0.264. The van der Waals surface area contributed by atoms with E-state index in [1.807, 2.05) is 20.8 Å². The molecule has 0 radical (unpaired) electrons. The molecular weight excluding hydrogens is 164 g/mol. The summed E-state index contributed by atoms with van der Waals surface area (Å²) < 4.78 is 0. The third-order valence-corrected chi connectivity index (χ3v) is 2.71. The molecule has 3 N–H and O–H groups in total. The van der Waals surface area contributed by atoms with E-state index >= 15 is 0 Å². The first-order valence-corrected chi connectivity index (χ1v) is 4.98. The maximum atomic E-state index is 11.6. The molecule has 0 aliphatic heterocycles. The average molecular weight is 184 g/mol. The zero-order valence-corrected chi connectivity index (χ0v) is 8.76. The van der Waals surface area contributed by atoms with Crippen molar-refractivity contribution in [2.24, 2.45) is 17.6 Å². The van der Waals surface area contributed by atoms with Gasteiger partial charge in [-0.3, -0.25) is 4.79 Å². The number of carbonyl (C=O) groups excluding carboxylic acids is 1. The van der Waals surface area contributed by atoms with E-state index in [0.717, 1.165) is 0 Å². The smallest absolute Gasteiger partial charge is 0.223 e. The Morgan fingerprint density at radius 2 is 2.15 bits per heavy atom. The molecule has 0 bridgehead atoms. The minimum Gasteiger partial charge on any atom is -0.350 e. The Balaban J connectivity index is 2.39. The average Bonchev–Trinajstić information content (AvgIpc) is 2.85. The lowest BCUT2D eigenvalue weighted by atomic mass is 10.0. The van der Waals surface area contributed by atoms with Crippen LogP contribution in [0.15, 0.2) is 0 Å². The van der Waals surface area contributed by atoms with Crippen LogP contribution in [0.1, 0.15) is 33.6 Å². The third kappa shape index (κ3) is 2.99. The molecule has 0 aromatic carbocycles. The quantitative estimate of drug-likeness (QED) is 0.681. The van der Waals surface area contributed by atoms with Gasteiger partial charge < -0.3 is 11.1 Å². The summed E-state index contributed by atoms with van der Waals surface area (Å²) >= 11 is 0. The molecule has 0 aromatic rings. The minimum absolute atomic E-state index is 0.151. The highest BCUT2D eigenvalue weighted by Gasteiger charge is 2.34. The van der Waals surface area contributed by atoms with Crippen molar-refractivity contribution in [1.82, 2.24) is 5.32 Å². The van der Waals surface area contributed by atoms with Crippen LogP contribution < -0.4 is 11.1 Å². The van der Waals surface area contributed by atoms with Crippen molar-refractivity contribution in [2.75, 3.05) is 6.54 Å². The van der Waals surface area contributed by atoms with Crippen LogP contribution in [0.4, 0.5) is 0 Å². The summed E-state index contributed by atoms with van der Waals surface area (Å²) in [6, 6.07) is 0. The third-order valence-electron chi connectivity index (χ3n) is 2.71. The number of nitrogens with two attached hydrogens (primary N) is 1. The summed E-state index contributed by atoms with van der Waals surface area (Å²) in [6.07, 6.45) is 2.41. The topological polar surface area (TPSA) is 55.1 Å². The normalized spacial score (nSPS) is 19.7. The number of rotatable bonds is 4. The van der Waals surface area contributed by atoms with Crippen LogP contribution in [0.25, 0.3) is 0 Å². The lowest BCUT2D eigenvalue weighted by Gasteiger charge is -2.26. The Morgan fingerprint density at radius 1 is 1.62 bits per heavy atom. The highest BCUT2D eigenvalue weighted by molar-refractivity contribution is 5.79. The van der Waals surface area contributed by atoms with Gasteiger partial charge in [-0.25, -0.2) is 0 Å². The molecule has 0 saturated heterocycles. The van der Waals surface area contributed by atoms with Gasteiger partial charge in [-0.2, -0.15) is 0 Å². The van der Waals surface area contributed by atoms with Gasteiger partial charge in [0.15, 0.2) is 0 Å². The Bertz CT molecular complexity index is 197. The number of carbonyl (C=O) groups is 1. The summed E-state index contributed by atoms with van der Waals surface area (Å²) in [5.74, 6) is 0.928. The van der Waals surface area contributed by atoms with Gasteiger partial charge in [-0.05, 0) is 32.6 Å². The summed E-state index contributed by atoms with van der Waals surface area (Å²) in [6.45, 7) is 6.38. The van der Waals surface area contributed by atoms with Crippen LogP contribution in [-0.4, -0.2) is 18.0 Å². The zero-order chi connectivity index (χ0) is 10.1. The SMILES string of the molecule is CC(C(=O)NC(C)(C)CN)C1CC1. The molecule has 1 aliphatic rings. The predicted molar refractivity (Wildman–Crippen MR) is 53.2 cm³/mol. The van der Waals surface area contributed by atoms with Crippen molar-refractivity contribution >= 4 is 5.91 Å². The van der Waals surface area contributed by atoms with E-state index < -0.39 is 0 Å². The van der Waals surface area contributed by atoms with Gasteiger partial charge >= 0.3 is 0 Å². The highest BCUT2D eigenvalue weighted by Crippen LogP contribution is 2.36. The van der Waals surface area contributed by atoms with E-state index in [1.54, 1.807) is 0 Å². The second-order valence-corrected chi connectivity index (χ2v) is 4.70. The molecule has 1 amide bonds. The van der Waals surface area contributed by atoms with Crippen LogP contribution in [0.5, 0.6) is 0 Å². The van der Waals surface area contributed by atoms with E-state index in [1.165, 1.54) is 12.8 Å². The Morgan fingerprint density at radius 3 is 2.54 bits per heavy atom. The van der Waals surface area contributed by atoms with E-state index in [4.69, 9.17) is 5.73 Å². The maximum absolute atomic E-state index is 11.6. The number of hydrogen-bond acceptors (Lipinski definition) is 2. The van der Waals surface area contributed by atoms with Crippen LogP contribution in [0.3, 0.4) is 0 Å². The summed E-state index contributed by atoms with van der Waals surface area (Å²) in [5.41, 5.74) is 5.27. The molecule has 1 unspecified atom stereocenters. The zero-order valence-electron chi connectivity index (χ0n) is 8.76. The van der Waals surface area contributed by atoms with Crippen molar-refractivity contribution in [3.63, 3.8) is 0 Å². The van der Waals surface area contributed by atoms with Crippen molar-refractivity contribution in [3.8, 4) is 0 Å². The van der Waals surface area contributed by atoms with Crippen LogP contribution in [0, 0.1) is 11.8 Å². The van der Waals surface area contributed by atoms with Gasteiger partial charge in [0.1, 0.15) is 0 Å². The number of hydrogen-bond donors (Lipinski definition) is 2. The second-order valence-electron chi connectivity index (χ2n) is 4.70. The van der Waals surface area contributed by atoms with E-state index in [2.05, 4.69) is 5.32 Å². The Hall–Kier alpha value is -0.570. The molecule has 13 heavy (non-hydrogen) atoms. The molecule has 76 valence electrons. The molecule has 3 nitrogen and oxygen atoms in total. The fraction of sp³-hybridized carbons (Fsp3) is 0.900. The van der Waals surface area contributed by atoms with Crippen LogP contribution in [-0.2, 0) is 4.79 Å². The van der Waals surface area contributed by atoms with Gasteiger partial charge in [0.05, 0.1) is 0 Å². The summed E-state index contributed by atoms with van der Waals surface area (Å²) in [5, 5.41) is 2.96. The number of amides is 1. The fourth-order valence-electron chi connectivity index (χ4n) is 1.31. The molecule has 0 spiro atoms. The van der Waals surface area contributed by atoms with Crippen molar-refractivity contribution in [3.05, 3.63) is 0 Å². The summed E-state index contributed by atoms with van der Waals surface area (Å²) in [4.78, 5) is 11.6. The molecule has 3 heteroatoms. The molecule has 0 heterocycles. The van der Waals surface area contributed by atoms with Crippen LogP contribution in [0.2, 0.25) is 0 Å². The van der Waals surface area contributed by atoms with Gasteiger partial charge in [-0.1, -0.05) is 6.92 Å². The molecule has 1 saturated carbocycles. The lowest BCUT2D eigenvalue weighted by molar-refractivity contribution is -0.126. The van der Waals surface area contributed by atoms with Gasteiger partial charge in [0, 0.05) is 18.0 Å². The monoisotopic (exact) mass is 184 g/mol. The standard InChI is InChI=1S/C10H20N2O/c1-7(8-4-5-8)9(13)12-10(2,3)6-11/h7-8H,4-6,11H2,1-3H3,(H,12,13). The first-order chi connectivity index (χ1) is 5.96. The lowest BCUT2D eigenvalue weighted by Crippen LogP contribution is -2.50. The van der Waals surface area contributed by atoms with Gasteiger partial charge in [0.25, 0.3) is 0 Å². The van der Waals surface area contributed by atoms with Crippen molar-refractivity contribution in [2.45, 2.75) is 39.2 Å². The van der Waals surface area contributed by atoms with Gasteiger partial charge in [0.2, 0.25) is 5.91 Å². The highest BCUT2D eigenvalue weighted by atomic mass is 16.2. The van der Waals surface area contributed by atoms with Gasteiger partial charge in [-0.15, -0.1) is 0 Å². The first-order valence-electron chi connectivity index (χ1n) is 4.98. The Kier molecular flexibility index (Phi) is 2.96. The predicted octanol–water partition coefficient (Wildman–Crippen LogP) is 0.886. The fourth-order valence-corrected chi connectivity index (χ4v) is 1.31. The molecule has 1 fully saturated rings. The first kappa shape index (κ1) is 10.5.